The zero-order valence-corrected chi connectivity index (χ0v) is 14.7. The molecule has 2 aliphatic heterocycles. The molecule has 0 spiro atoms. The van der Waals surface area contributed by atoms with Crippen molar-refractivity contribution in [3.8, 4) is 5.75 Å². The molecular weight excluding hydrogens is 302 g/mol. The number of quaternary nitrogens is 1. The van der Waals surface area contributed by atoms with Gasteiger partial charge in [0.1, 0.15) is 5.75 Å². The Labute approximate surface area is 145 Å². The molecule has 2 fully saturated rings. The molecule has 0 aromatic heterocycles. The summed E-state index contributed by atoms with van der Waals surface area (Å²) in [5.74, 6) is 1.03. The van der Waals surface area contributed by atoms with E-state index in [0.29, 0.717) is 25.0 Å². The van der Waals surface area contributed by atoms with Crippen LogP contribution >= 0.6 is 0 Å². The number of fused-ring (bicyclic) bond motifs is 1. The number of nitrogens with one attached hydrogen (secondary N) is 1. The maximum atomic E-state index is 12.4. The van der Waals surface area contributed by atoms with E-state index in [2.05, 4.69) is 0 Å². The summed E-state index contributed by atoms with van der Waals surface area (Å²) in [6.45, 7) is 5.11. The smallest absolute Gasteiger partial charge is 0.347 e. The fraction of sp³-hybridized carbons (Fsp3) is 0.650. The third kappa shape index (κ3) is 4.29. The lowest BCUT2D eigenvalue weighted by molar-refractivity contribution is -0.940. The SMILES string of the molecule is CC[C@@H](Oc1ccccc1)C(=O)OC[C@H]1CCC[NH+]2CCCC[C@H]12. The van der Waals surface area contributed by atoms with Gasteiger partial charge in [-0.05, 0) is 50.7 Å². The van der Waals surface area contributed by atoms with Gasteiger partial charge in [-0.15, -0.1) is 0 Å². The highest BCUT2D eigenvalue weighted by molar-refractivity contribution is 5.75. The Morgan fingerprint density at radius 3 is 2.75 bits per heavy atom. The van der Waals surface area contributed by atoms with E-state index >= 15 is 0 Å². The molecule has 24 heavy (non-hydrogen) atoms. The number of para-hydroxylation sites is 1. The molecule has 4 heteroatoms. The molecule has 1 aromatic carbocycles. The number of rotatable bonds is 6. The third-order valence-corrected chi connectivity index (χ3v) is 5.52. The van der Waals surface area contributed by atoms with Crippen molar-refractivity contribution in [2.75, 3.05) is 19.7 Å². The highest BCUT2D eigenvalue weighted by Gasteiger charge is 2.37. The van der Waals surface area contributed by atoms with Gasteiger partial charge in [0.25, 0.3) is 0 Å². The summed E-state index contributed by atoms with van der Waals surface area (Å²) in [7, 11) is 0. The Bertz CT molecular complexity index is 517. The number of benzene rings is 1. The van der Waals surface area contributed by atoms with Crippen molar-refractivity contribution >= 4 is 5.97 Å². The second-order valence-electron chi connectivity index (χ2n) is 7.12. The van der Waals surface area contributed by atoms with Crippen LogP contribution in [-0.4, -0.2) is 37.8 Å². The first-order chi connectivity index (χ1) is 11.8. The summed E-state index contributed by atoms with van der Waals surface area (Å²) in [5, 5.41) is 0. The van der Waals surface area contributed by atoms with Crippen LogP contribution in [0.25, 0.3) is 0 Å². The van der Waals surface area contributed by atoms with Crippen LogP contribution in [0.1, 0.15) is 45.4 Å². The van der Waals surface area contributed by atoms with E-state index in [0.717, 1.165) is 5.75 Å². The molecule has 2 saturated heterocycles. The lowest BCUT2D eigenvalue weighted by Crippen LogP contribution is -3.18. The molecule has 1 unspecified atom stereocenters. The molecule has 4 atom stereocenters. The summed E-state index contributed by atoms with van der Waals surface area (Å²) in [6, 6.07) is 10.2. The van der Waals surface area contributed by atoms with Crippen LogP contribution < -0.4 is 9.64 Å². The first kappa shape index (κ1) is 17.3. The van der Waals surface area contributed by atoms with E-state index in [-0.39, 0.29) is 5.97 Å². The van der Waals surface area contributed by atoms with Crippen molar-refractivity contribution in [3.05, 3.63) is 30.3 Å². The minimum absolute atomic E-state index is 0.218. The first-order valence-electron chi connectivity index (χ1n) is 9.51. The van der Waals surface area contributed by atoms with Gasteiger partial charge in [0.2, 0.25) is 0 Å². The van der Waals surface area contributed by atoms with E-state index < -0.39 is 6.10 Å². The Kier molecular flexibility index (Phi) is 6.13. The van der Waals surface area contributed by atoms with Gasteiger partial charge in [-0.1, -0.05) is 25.1 Å². The molecule has 0 amide bonds. The minimum atomic E-state index is -0.509. The fourth-order valence-corrected chi connectivity index (χ4v) is 4.22. The number of carbonyl (C=O) groups excluding carboxylic acids is 1. The molecule has 0 bridgehead atoms. The van der Waals surface area contributed by atoms with Crippen molar-refractivity contribution in [1.82, 2.24) is 0 Å². The van der Waals surface area contributed by atoms with Crippen molar-refractivity contribution < 1.29 is 19.2 Å². The largest absolute Gasteiger partial charge is 0.479 e. The van der Waals surface area contributed by atoms with Crippen LogP contribution in [0.3, 0.4) is 0 Å². The third-order valence-electron chi connectivity index (χ3n) is 5.52. The summed E-state index contributed by atoms with van der Waals surface area (Å²) in [6.07, 6.45) is 6.53. The molecule has 132 valence electrons. The lowest BCUT2D eigenvalue weighted by atomic mass is 9.84. The number of esters is 1. The lowest BCUT2D eigenvalue weighted by Gasteiger charge is -2.41. The molecule has 1 N–H and O–H groups in total. The molecule has 3 rings (SSSR count). The number of carbonyl (C=O) groups is 1. The zero-order chi connectivity index (χ0) is 16.8. The van der Waals surface area contributed by atoms with Gasteiger partial charge >= 0.3 is 5.97 Å². The Morgan fingerprint density at radius 1 is 1.17 bits per heavy atom. The zero-order valence-electron chi connectivity index (χ0n) is 14.7. The van der Waals surface area contributed by atoms with Gasteiger partial charge in [-0.2, -0.15) is 0 Å². The summed E-state index contributed by atoms with van der Waals surface area (Å²) >= 11 is 0. The average Bonchev–Trinajstić information content (AvgIpc) is 2.65. The average molecular weight is 332 g/mol. The van der Waals surface area contributed by atoms with Crippen LogP contribution in [0.15, 0.2) is 30.3 Å². The summed E-state index contributed by atoms with van der Waals surface area (Å²) < 4.78 is 11.5. The van der Waals surface area contributed by atoms with Crippen LogP contribution in [0.2, 0.25) is 0 Å². The van der Waals surface area contributed by atoms with Crippen molar-refractivity contribution in [2.24, 2.45) is 5.92 Å². The van der Waals surface area contributed by atoms with Crippen LogP contribution in [0.5, 0.6) is 5.75 Å². The second kappa shape index (κ2) is 8.52. The predicted octanol–water partition coefficient (Wildman–Crippen LogP) is 2.23. The maximum Gasteiger partial charge on any atom is 0.347 e. The molecule has 0 aliphatic carbocycles. The first-order valence-corrected chi connectivity index (χ1v) is 9.51. The molecule has 4 nitrogen and oxygen atoms in total. The normalized spacial score (nSPS) is 27.8. The molecule has 0 radical (unpaired) electrons. The van der Waals surface area contributed by atoms with Crippen LogP contribution in [-0.2, 0) is 9.53 Å². The van der Waals surface area contributed by atoms with E-state index in [1.807, 2.05) is 37.3 Å². The van der Waals surface area contributed by atoms with Crippen LogP contribution in [0, 0.1) is 5.92 Å². The van der Waals surface area contributed by atoms with Gasteiger partial charge in [0.15, 0.2) is 6.10 Å². The molecule has 2 aliphatic rings. The molecule has 0 saturated carbocycles. The van der Waals surface area contributed by atoms with Gasteiger partial charge in [0.05, 0.1) is 25.7 Å². The predicted molar refractivity (Wildman–Crippen MR) is 93.2 cm³/mol. The molecule has 2 heterocycles. The number of ether oxygens (including phenoxy) is 2. The monoisotopic (exact) mass is 332 g/mol. The van der Waals surface area contributed by atoms with E-state index in [9.17, 15) is 4.79 Å². The van der Waals surface area contributed by atoms with Gasteiger partial charge < -0.3 is 14.4 Å². The van der Waals surface area contributed by atoms with Gasteiger partial charge in [-0.25, -0.2) is 4.79 Å². The number of hydrogen-bond donors (Lipinski definition) is 1. The van der Waals surface area contributed by atoms with Crippen LogP contribution in [0.4, 0.5) is 0 Å². The Morgan fingerprint density at radius 2 is 1.96 bits per heavy atom. The highest BCUT2D eigenvalue weighted by atomic mass is 16.6. The van der Waals surface area contributed by atoms with Gasteiger partial charge in [-0.3, -0.25) is 0 Å². The van der Waals surface area contributed by atoms with Gasteiger partial charge in [0, 0.05) is 5.92 Å². The van der Waals surface area contributed by atoms with Crippen molar-refractivity contribution in [2.45, 2.75) is 57.6 Å². The van der Waals surface area contributed by atoms with Crippen molar-refractivity contribution in [1.29, 1.82) is 0 Å². The van der Waals surface area contributed by atoms with E-state index in [1.54, 1.807) is 4.90 Å². The molecule has 1 aromatic rings. The summed E-state index contributed by atoms with van der Waals surface area (Å²) in [5.41, 5.74) is 0. The quantitative estimate of drug-likeness (QED) is 0.812. The van der Waals surface area contributed by atoms with E-state index in [1.165, 1.54) is 45.2 Å². The van der Waals surface area contributed by atoms with E-state index in [4.69, 9.17) is 9.47 Å². The minimum Gasteiger partial charge on any atom is -0.479 e. The fourth-order valence-electron chi connectivity index (χ4n) is 4.22. The summed E-state index contributed by atoms with van der Waals surface area (Å²) in [4.78, 5) is 14.2. The van der Waals surface area contributed by atoms with Crippen molar-refractivity contribution in [3.63, 3.8) is 0 Å². The topological polar surface area (TPSA) is 40.0 Å². The number of piperidine rings is 2. The molecular formula is C20H30NO3+. The standard InChI is InChI=1S/C20H29NO3/c1-2-19(24-17-10-4-3-5-11-17)20(22)23-15-16-9-8-14-21-13-7-6-12-18(16)21/h3-5,10-11,16,18-19H,2,6-9,12-15H2,1H3/p+1/t16-,18-,19-/m1/s1. The second-order valence-corrected chi connectivity index (χ2v) is 7.12. The Balaban J connectivity index is 1.51. The number of hydrogen-bond acceptors (Lipinski definition) is 3. The maximum absolute atomic E-state index is 12.4. The Hall–Kier alpha value is -1.55. The highest BCUT2D eigenvalue weighted by Crippen LogP contribution is 2.21.